The summed E-state index contributed by atoms with van der Waals surface area (Å²) in [5.74, 6) is 0.728. The summed E-state index contributed by atoms with van der Waals surface area (Å²) in [6.07, 6.45) is 0. The zero-order valence-electron chi connectivity index (χ0n) is 23.8. The van der Waals surface area contributed by atoms with Gasteiger partial charge in [0.2, 0.25) is 0 Å². The van der Waals surface area contributed by atoms with E-state index in [1.165, 1.54) is 43.2 Å². The molecule has 1 aliphatic carbocycles. The fourth-order valence-corrected chi connectivity index (χ4v) is 8.28. The van der Waals surface area contributed by atoms with Crippen LogP contribution in [0.4, 0.5) is 0 Å². The second-order valence-electron chi connectivity index (χ2n) is 11.3. The number of hydrogen-bond donors (Lipinski definition) is 0. The lowest BCUT2D eigenvalue weighted by molar-refractivity contribution is 0.722. The number of hydrogen-bond acceptors (Lipinski definition) is 3. The Bertz CT molecular complexity index is 2100. The maximum atomic E-state index is 5.14. The smallest absolute Gasteiger partial charge is 0.160 e. The van der Waals surface area contributed by atoms with E-state index in [2.05, 4.69) is 133 Å². The molecule has 0 radical (unpaired) electrons. The molecule has 206 valence electrons. The number of fused-ring (bicyclic) bond motifs is 9. The van der Waals surface area contributed by atoms with Crippen LogP contribution in [0.25, 0.3) is 45.0 Å². The van der Waals surface area contributed by atoms with Gasteiger partial charge < -0.3 is 0 Å². The third-order valence-electron chi connectivity index (χ3n) is 8.97. The fourth-order valence-electron chi connectivity index (χ4n) is 7.09. The van der Waals surface area contributed by atoms with E-state index in [4.69, 9.17) is 9.97 Å². The van der Waals surface area contributed by atoms with E-state index < -0.39 is 0 Å². The minimum atomic E-state index is -0.376. The Labute approximate surface area is 261 Å². The van der Waals surface area contributed by atoms with Gasteiger partial charge in [0.05, 0.1) is 16.8 Å². The normalized spacial score (nSPS) is 13.5. The van der Waals surface area contributed by atoms with Crippen LogP contribution in [-0.4, -0.2) is 9.97 Å². The van der Waals surface area contributed by atoms with E-state index in [0.717, 1.165) is 33.9 Å². The summed E-state index contributed by atoms with van der Waals surface area (Å²) in [6.45, 7) is 0. The standard InChI is InChI=1S/C41H26N2S/c1-3-13-27(14-4-1)36-26-37(43-40(42-36)28-15-5-2-6-16-28)29-23-24-33-31(25-29)30-17-7-8-18-32(30)41(33)34-19-9-11-21-38(34)44-39-22-12-10-20-35(39)41/h1-26H. The van der Waals surface area contributed by atoms with E-state index in [1.54, 1.807) is 0 Å². The minimum absolute atomic E-state index is 0.376. The predicted octanol–water partition coefficient (Wildman–Crippen LogP) is 10.3. The van der Waals surface area contributed by atoms with Crippen LogP contribution in [0.1, 0.15) is 22.3 Å². The zero-order valence-corrected chi connectivity index (χ0v) is 24.6. The molecule has 44 heavy (non-hydrogen) atoms. The van der Waals surface area contributed by atoms with E-state index in [9.17, 15) is 0 Å². The van der Waals surface area contributed by atoms with Gasteiger partial charge in [-0.1, -0.05) is 145 Å². The van der Waals surface area contributed by atoms with Gasteiger partial charge in [-0.15, -0.1) is 0 Å². The highest BCUT2D eigenvalue weighted by Gasteiger charge is 2.50. The number of rotatable bonds is 3. The molecular formula is C41H26N2S. The van der Waals surface area contributed by atoms with Crippen molar-refractivity contribution in [2.75, 3.05) is 0 Å². The molecule has 1 spiro atoms. The average Bonchev–Trinajstić information content (AvgIpc) is 3.39. The second-order valence-corrected chi connectivity index (χ2v) is 12.4. The number of nitrogens with zero attached hydrogens (tertiary/aromatic N) is 2. The van der Waals surface area contributed by atoms with E-state index in [-0.39, 0.29) is 5.41 Å². The van der Waals surface area contributed by atoms with E-state index in [0.29, 0.717) is 0 Å². The van der Waals surface area contributed by atoms with Crippen LogP contribution in [0.3, 0.4) is 0 Å². The molecule has 6 aromatic carbocycles. The third kappa shape index (κ3) is 3.69. The van der Waals surface area contributed by atoms with Crippen molar-refractivity contribution in [1.29, 1.82) is 0 Å². The van der Waals surface area contributed by atoms with Gasteiger partial charge in [-0.3, -0.25) is 0 Å². The van der Waals surface area contributed by atoms with Gasteiger partial charge in [0, 0.05) is 26.5 Å². The highest BCUT2D eigenvalue weighted by atomic mass is 32.2. The van der Waals surface area contributed by atoms with Crippen molar-refractivity contribution in [1.82, 2.24) is 9.97 Å². The lowest BCUT2D eigenvalue weighted by Crippen LogP contribution is -2.31. The van der Waals surface area contributed by atoms with Crippen molar-refractivity contribution in [3.63, 3.8) is 0 Å². The minimum Gasteiger partial charge on any atom is -0.228 e. The highest BCUT2D eigenvalue weighted by molar-refractivity contribution is 7.99. The number of benzene rings is 6. The van der Waals surface area contributed by atoms with Crippen LogP contribution in [0, 0.1) is 0 Å². The van der Waals surface area contributed by atoms with Crippen LogP contribution < -0.4 is 0 Å². The molecule has 2 nitrogen and oxygen atoms in total. The summed E-state index contributed by atoms with van der Waals surface area (Å²) in [5.41, 5.74) is 12.5. The predicted molar refractivity (Wildman–Crippen MR) is 180 cm³/mol. The molecule has 1 aliphatic heterocycles. The van der Waals surface area contributed by atoms with Crippen LogP contribution in [-0.2, 0) is 5.41 Å². The SMILES string of the molecule is c1ccc(-c2cc(-c3ccc4c(c3)-c3ccccc3C43c4ccccc4Sc4ccccc43)nc(-c3ccccc3)n2)cc1. The van der Waals surface area contributed by atoms with Crippen molar-refractivity contribution in [2.24, 2.45) is 0 Å². The molecule has 2 heterocycles. The molecule has 2 aliphatic rings. The largest absolute Gasteiger partial charge is 0.228 e. The lowest BCUT2D eigenvalue weighted by Gasteiger charge is -2.39. The Balaban J connectivity index is 1.30. The van der Waals surface area contributed by atoms with Crippen molar-refractivity contribution in [2.45, 2.75) is 15.2 Å². The van der Waals surface area contributed by atoms with Gasteiger partial charge in [-0.05, 0) is 57.6 Å². The van der Waals surface area contributed by atoms with Crippen LogP contribution in [0.5, 0.6) is 0 Å². The lowest BCUT2D eigenvalue weighted by atomic mass is 9.67. The maximum Gasteiger partial charge on any atom is 0.160 e. The van der Waals surface area contributed by atoms with Crippen molar-refractivity contribution in [3.8, 4) is 45.0 Å². The maximum absolute atomic E-state index is 5.14. The molecule has 0 N–H and O–H groups in total. The van der Waals surface area contributed by atoms with Crippen LogP contribution >= 0.6 is 11.8 Å². The molecule has 0 fully saturated rings. The molecule has 0 bridgehead atoms. The van der Waals surface area contributed by atoms with E-state index in [1.807, 2.05) is 36.0 Å². The molecule has 9 rings (SSSR count). The summed E-state index contributed by atoms with van der Waals surface area (Å²) >= 11 is 1.87. The first-order valence-electron chi connectivity index (χ1n) is 14.9. The Morgan fingerprint density at radius 3 is 1.59 bits per heavy atom. The van der Waals surface area contributed by atoms with Crippen molar-refractivity contribution in [3.05, 3.63) is 180 Å². The van der Waals surface area contributed by atoms with Crippen molar-refractivity contribution >= 4 is 11.8 Å². The first-order chi connectivity index (χ1) is 21.8. The Morgan fingerprint density at radius 1 is 0.386 bits per heavy atom. The van der Waals surface area contributed by atoms with Gasteiger partial charge in [0.25, 0.3) is 0 Å². The Hall–Kier alpha value is -5.25. The first kappa shape index (κ1) is 25.3. The Morgan fingerprint density at radius 2 is 0.909 bits per heavy atom. The van der Waals surface area contributed by atoms with Gasteiger partial charge in [0.1, 0.15) is 0 Å². The average molecular weight is 579 g/mol. The van der Waals surface area contributed by atoms with Crippen LogP contribution in [0.2, 0.25) is 0 Å². The first-order valence-corrected chi connectivity index (χ1v) is 15.7. The monoisotopic (exact) mass is 578 g/mol. The van der Waals surface area contributed by atoms with Crippen LogP contribution in [0.15, 0.2) is 168 Å². The van der Waals surface area contributed by atoms with Gasteiger partial charge in [-0.2, -0.15) is 0 Å². The van der Waals surface area contributed by atoms with Gasteiger partial charge in [-0.25, -0.2) is 9.97 Å². The Kier molecular flexibility index (Phi) is 5.69. The molecule has 1 aromatic heterocycles. The highest BCUT2D eigenvalue weighted by Crippen LogP contribution is 2.62. The molecule has 7 aromatic rings. The summed E-state index contributed by atoms with van der Waals surface area (Å²) in [5, 5.41) is 0. The van der Waals surface area contributed by atoms with Crippen molar-refractivity contribution < 1.29 is 0 Å². The molecule has 0 saturated carbocycles. The summed E-state index contributed by atoms with van der Waals surface area (Å²) in [6, 6.07) is 56.5. The zero-order chi connectivity index (χ0) is 29.1. The molecule has 0 atom stereocenters. The summed E-state index contributed by atoms with van der Waals surface area (Å²) < 4.78 is 0. The molecule has 0 amide bonds. The molecule has 0 unspecified atom stereocenters. The molecule has 3 heteroatoms. The molecular weight excluding hydrogens is 553 g/mol. The summed E-state index contributed by atoms with van der Waals surface area (Å²) in [4.78, 5) is 12.8. The molecule has 0 saturated heterocycles. The van der Waals surface area contributed by atoms with Gasteiger partial charge in [0.15, 0.2) is 5.82 Å². The third-order valence-corrected chi connectivity index (χ3v) is 10.1. The van der Waals surface area contributed by atoms with Gasteiger partial charge >= 0.3 is 0 Å². The summed E-state index contributed by atoms with van der Waals surface area (Å²) in [7, 11) is 0. The quantitative estimate of drug-likeness (QED) is 0.209. The number of aromatic nitrogens is 2. The van der Waals surface area contributed by atoms with E-state index >= 15 is 0 Å². The fraction of sp³-hybridized carbons (Fsp3) is 0.0244. The topological polar surface area (TPSA) is 25.8 Å². The second kappa shape index (κ2) is 9.90.